The van der Waals surface area contributed by atoms with E-state index < -0.39 is 6.61 Å². The number of hydrogen-bond acceptors (Lipinski definition) is 2. The van der Waals surface area contributed by atoms with Crippen molar-refractivity contribution in [3.05, 3.63) is 62.5 Å². The Hall–Kier alpha value is -0.980. The maximum absolute atomic E-state index is 12.3. The summed E-state index contributed by atoms with van der Waals surface area (Å²) in [5.74, 6) is 0.147. The first kappa shape index (κ1) is 16.4. The highest BCUT2D eigenvalue weighted by Crippen LogP contribution is 2.32. The number of halogens is 4. The number of hydrogen-bond donors (Lipinski definition) is 1. The molecule has 0 aliphatic heterocycles. The highest BCUT2D eigenvalue weighted by molar-refractivity contribution is 9.11. The van der Waals surface area contributed by atoms with Crippen LogP contribution in [0, 0.1) is 0 Å². The Labute approximate surface area is 138 Å². The second-order valence-corrected chi connectivity index (χ2v) is 6.11. The fourth-order valence-corrected chi connectivity index (χ4v) is 2.96. The smallest absolute Gasteiger partial charge is 0.387 e. The lowest BCUT2D eigenvalue weighted by Crippen LogP contribution is -2.18. The van der Waals surface area contributed by atoms with E-state index in [-0.39, 0.29) is 11.8 Å². The van der Waals surface area contributed by atoms with Gasteiger partial charge >= 0.3 is 6.61 Å². The maximum atomic E-state index is 12.3. The maximum Gasteiger partial charge on any atom is 0.387 e. The van der Waals surface area contributed by atoms with Gasteiger partial charge in [0.25, 0.3) is 0 Å². The van der Waals surface area contributed by atoms with Gasteiger partial charge in [0.2, 0.25) is 0 Å². The molecule has 0 heterocycles. The van der Waals surface area contributed by atoms with Crippen molar-refractivity contribution in [3.8, 4) is 5.75 Å². The van der Waals surface area contributed by atoms with Crippen LogP contribution in [-0.4, -0.2) is 13.7 Å². The van der Waals surface area contributed by atoms with Crippen LogP contribution in [0.15, 0.2) is 51.4 Å². The highest BCUT2D eigenvalue weighted by Gasteiger charge is 2.16. The van der Waals surface area contributed by atoms with Crippen molar-refractivity contribution in [1.29, 1.82) is 0 Å². The molecule has 0 aromatic heterocycles. The number of nitrogens with one attached hydrogen (secondary N) is 1. The second-order valence-electron chi connectivity index (χ2n) is 4.34. The van der Waals surface area contributed by atoms with Gasteiger partial charge in [0, 0.05) is 8.95 Å². The molecule has 21 heavy (non-hydrogen) atoms. The minimum absolute atomic E-state index is 0.141. The third-order valence-corrected chi connectivity index (χ3v) is 4.19. The molecule has 0 saturated heterocycles. The van der Waals surface area contributed by atoms with Crippen LogP contribution in [0.25, 0.3) is 0 Å². The summed E-state index contributed by atoms with van der Waals surface area (Å²) in [5.41, 5.74) is 1.84. The summed E-state index contributed by atoms with van der Waals surface area (Å²) in [6.45, 7) is -2.83. The summed E-state index contributed by atoms with van der Waals surface area (Å²) in [5, 5.41) is 3.19. The average Bonchev–Trinajstić information content (AvgIpc) is 2.43. The molecule has 2 aromatic carbocycles. The van der Waals surface area contributed by atoms with E-state index in [0.717, 1.165) is 20.1 Å². The number of ether oxygens (including phenoxy) is 1. The first-order valence-corrected chi connectivity index (χ1v) is 7.77. The summed E-state index contributed by atoms with van der Waals surface area (Å²) in [7, 11) is 1.82. The van der Waals surface area contributed by atoms with Gasteiger partial charge in [-0.3, -0.25) is 0 Å². The molecule has 0 bridgehead atoms. The van der Waals surface area contributed by atoms with E-state index in [9.17, 15) is 8.78 Å². The zero-order valence-corrected chi connectivity index (χ0v) is 14.3. The summed E-state index contributed by atoms with van der Waals surface area (Å²) >= 11 is 6.96. The molecule has 2 aromatic rings. The third kappa shape index (κ3) is 4.25. The van der Waals surface area contributed by atoms with E-state index in [1.165, 1.54) is 6.07 Å². The lowest BCUT2D eigenvalue weighted by molar-refractivity contribution is -0.0498. The molecule has 0 fully saturated rings. The van der Waals surface area contributed by atoms with Gasteiger partial charge in [-0.1, -0.05) is 44.0 Å². The van der Waals surface area contributed by atoms with Crippen LogP contribution < -0.4 is 10.1 Å². The molecule has 0 aliphatic rings. The minimum Gasteiger partial charge on any atom is -0.435 e. The summed E-state index contributed by atoms with van der Waals surface area (Å²) in [4.78, 5) is 0. The molecule has 112 valence electrons. The quantitative estimate of drug-likeness (QED) is 0.724. The van der Waals surface area contributed by atoms with E-state index in [0.29, 0.717) is 0 Å². The van der Waals surface area contributed by atoms with Gasteiger partial charge in [-0.25, -0.2) is 0 Å². The van der Waals surface area contributed by atoms with Gasteiger partial charge in [0.15, 0.2) is 0 Å². The van der Waals surface area contributed by atoms with E-state index in [2.05, 4.69) is 41.9 Å². The standard InChI is InChI=1S/C15H13Br2F2NO/c1-20-14(12-8-10(16)5-6-13(12)17)9-3-2-4-11(7-9)21-15(18)19/h2-8,14-15,20H,1H3. The molecule has 1 unspecified atom stereocenters. The fourth-order valence-electron chi connectivity index (χ4n) is 2.11. The molecule has 0 amide bonds. The number of benzene rings is 2. The predicted molar refractivity (Wildman–Crippen MR) is 85.8 cm³/mol. The van der Waals surface area contributed by atoms with Crippen LogP contribution in [0.4, 0.5) is 8.78 Å². The molecule has 2 rings (SSSR count). The molecular weight excluding hydrogens is 408 g/mol. The van der Waals surface area contributed by atoms with E-state index >= 15 is 0 Å². The van der Waals surface area contributed by atoms with Crippen LogP contribution in [0.1, 0.15) is 17.2 Å². The van der Waals surface area contributed by atoms with Gasteiger partial charge in [-0.2, -0.15) is 8.78 Å². The van der Waals surface area contributed by atoms with Crippen molar-refractivity contribution in [1.82, 2.24) is 5.32 Å². The van der Waals surface area contributed by atoms with Crippen molar-refractivity contribution in [2.75, 3.05) is 7.05 Å². The predicted octanol–water partition coefficient (Wildman–Crippen LogP) is 5.12. The summed E-state index contributed by atoms with van der Waals surface area (Å²) < 4.78 is 31.0. The normalized spacial score (nSPS) is 12.5. The first-order valence-electron chi connectivity index (χ1n) is 6.18. The Bertz CT molecular complexity index is 622. The molecule has 6 heteroatoms. The molecule has 0 aliphatic carbocycles. The largest absolute Gasteiger partial charge is 0.435 e. The van der Waals surface area contributed by atoms with E-state index in [4.69, 9.17) is 0 Å². The Morgan fingerprint density at radius 2 is 1.86 bits per heavy atom. The molecular formula is C15H13Br2F2NO. The van der Waals surface area contributed by atoms with Gasteiger partial charge in [0.05, 0.1) is 6.04 Å². The number of alkyl halides is 2. The van der Waals surface area contributed by atoms with Crippen molar-refractivity contribution in [2.45, 2.75) is 12.7 Å². The van der Waals surface area contributed by atoms with E-state index in [1.807, 2.05) is 31.3 Å². The molecule has 1 N–H and O–H groups in total. The molecule has 0 radical (unpaired) electrons. The summed E-state index contributed by atoms with van der Waals surface area (Å²) in [6.07, 6.45) is 0. The van der Waals surface area contributed by atoms with Gasteiger partial charge in [-0.05, 0) is 48.5 Å². The van der Waals surface area contributed by atoms with Crippen molar-refractivity contribution >= 4 is 31.9 Å². The van der Waals surface area contributed by atoms with Crippen molar-refractivity contribution in [2.24, 2.45) is 0 Å². The fraction of sp³-hybridized carbons (Fsp3) is 0.200. The highest BCUT2D eigenvalue weighted by atomic mass is 79.9. The average molecular weight is 421 g/mol. The zero-order valence-electron chi connectivity index (χ0n) is 11.1. The van der Waals surface area contributed by atoms with Crippen LogP contribution in [0.2, 0.25) is 0 Å². The lowest BCUT2D eigenvalue weighted by atomic mass is 9.99. The van der Waals surface area contributed by atoms with E-state index in [1.54, 1.807) is 12.1 Å². The number of rotatable bonds is 5. The first-order chi connectivity index (χ1) is 10.0. The second kappa shape index (κ2) is 7.33. The van der Waals surface area contributed by atoms with Crippen molar-refractivity contribution in [3.63, 3.8) is 0 Å². The Morgan fingerprint density at radius 3 is 2.52 bits per heavy atom. The van der Waals surface area contributed by atoms with Crippen molar-refractivity contribution < 1.29 is 13.5 Å². The van der Waals surface area contributed by atoms with Crippen LogP contribution >= 0.6 is 31.9 Å². The minimum atomic E-state index is -2.83. The van der Waals surface area contributed by atoms with Crippen LogP contribution in [0.5, 0.6) is 5.75 Å². The Morgan fingerprint density at radius 1 is 1.10 bits per heavy atom. The third-order valence-electron chi connectivity index (χ3n) is 2.97. The zero-order chi connectivity index (χ0) is 15.4. The molecule has 0 spiro atoms. The molecule has 0 saturated carbocycles. The molecule has 1 atom stereocenters. The van der Waals surface area contributed by atoms with Gasteiger partial charge < -0.3 is 10.1 Å². The van der Waals surface area contributed by atoms with Gasteiger partial charge in [0.1, 0.15) is 5.75 Å². The van der Waals surface area contributed by atoms with Gasteiger partial charge in [-0.15, -0.1) is 0 Å². The van der Waals surface area contributed by atoms with Crippen LogP contribution in [0.3, 0.4) is 0 Å². The SMILES string of the molecule is CNC(c1cccc(OC(F)F)c1)c1cc(Br)ccc1Br. The molecule has 2 nitrogen and oxygen atoms in total. The Kier molecular flexibility index (Phi) is 5.72. The van der Waals surface area contributed by atoms with Crippen LogP contribution in [-0.2, 0) is 0 Å². The topological polar surface area (TPSA) is 21.3 Å². The lowest BCUT2D eigenvalue weighted by Gasteiger charge is -2.20. The summed E-state index contributed by atoms with van der Waals surface area (Å²) in [6, 6.07) is 12.4. The Balaban J connectivity index is 2.39. The monoisotopic (exact) mass is 419 g/mol.